The third kappa shape index (κ3) is 4.00. The Labute approximate surface area is 192 Å². The molecule has 1 saturated heterocycles. The van der Waals surface area contributed by atoms with Crippen molar-refractivity contribution in [1.29, 1.82) is 0 Å². The van der Waals surface area contributed by atoms with Crippen LogP contribution < -0.4 is 10.6 Å². The van der Waals surface area contributed by atoms with Crippen molar-refractivity contribution >= 4 is 23.5 Å². The summed E-state index contributed by atoms with van der Waals surface area (Å²) >= 11 is 0. The van der Waals surface area contributed by atoms with E-state index in [1.807, 2.05) is 78.9 Å². The molecule has 0 radical (unpaired) electrons. The number of hydrogen-bond donors (Lipinski definition) is 2. The second-order valence-electron chi connectivity index (χ2n) is 8.64. The number of urea groups is 1. The Morgan fingerprint density at radius 2 is 1.61 bits per heavy atom. The molecule has 3 aromatic carbocycles. The van der Waals surface area contributed by atoms with E-state index in [4.69, 9.17) is 0 Å². The van der Waals surface area contributed by atoms with Gasteiger partial charge in [0.15, 0.2) is 5.54 Å². The number of aryl methyl sites for hydroxylation is 2. The number of benzene rings is 3. The molecular formula is C27H25N3O3. The van der Waals surface area contributed by atoms with Crippen molar-refractivity contribution in [1.82, 2.24) is 10.2 Å². The van der Waals surface area contributed by atoms with Gasteiger partial charge in [0, 0.05) is 12.1 Å². The summed E-state index contributed by atoms with van der Waals surface area (Å²) in [5.41, 5.74) is 3.59. The quantitative estimate of drug-likeness (QED) is 0.574. The van der Waals surface area contributed by atoms with Crippen molar-refractivity contribution < 1.29 is 14.4 Å². The first-order valence-electron chi connectivity index (χ1n) is 11.2. The van der Waals surface area contributed by atoms with E-state index in [2.05, 4.69) is 10.6 Å². The van der Waals surface area contributed by atoms with Crippen molar-refractivity contribution in [2.45, 2.75) is 31.2 Å². The average molecular weight is 440 g/mol. The van der Waals surface area contributed by atoms with Gasteiger partial charge >= 0.3 is 6.03 Å². The van der Waals surface area contributed by atoms with Gasteiger partial charge in [0.2, 0.25) is 5.91 Å². The number of amides is 4. The van der Waals surface area contributed by atoms with Gasteiger partial charge in [0.25, 0.3) is 5.91 Å². The summed E-state index contributed by atoms with van der Waals surface area (Å²) in [6.07, 6.45) is 3.49. The van der Waals surface area contributed by atoms with Crippen LogP contribution in [0.5, 0.6) is 0 Å². The molecule has 4 amide bonds. The zero-order valence-corrected chi connectivity index (χ0v) is 18.2. The Morgan fingerprint density at radius 1 is 0.909 bits per heavy atom. The molecule has 0 saturated carbocycles. The van der Waals surface area contributed by atoms with Crippen LogP contribution in [-0.4, -0.2) is 29.3 Å². The molecule has 2 N–H and O–H groups in total. The lowest BCUT2D eigenvalue weighted by Crippen LogP contribution is -2.46. The highest BCUT2D eigenvalue weighted by Crippen LogP contribution is 2.33. The second kappa shape index (κ2) is 8.54. The van der Waals surface area contributed by atoms with Crippen molar-refractivity contribution in [3.05, 3.63) is 101 Å². The SMILES string of the molecule is O=C(CN1C(=O)NC(Cc2ccccc2)(c2ccccc2)C1=O)Nc1ccc2c(c1)CCC2. The molecule has 3 aromatic rings. The number of carbonyl (C=O) groups excluding carboxylic acids is 3. The molecule has 0 spiro atoms. The van der Waals surface area contributed by atoms with E-state index < -0.39 is 23.4 Å². The lowest BCUT2D eigenvalue weighted by Gasteiger charge is -2.27. The summed E-state index contributed by atoms with van der Waals surface area (Å²) < 4.78 is 0. The van der Waals surface area contributed by atoms with E-state index in [1.165, 1.54) is 11.1 Å². The molecule has 166 valence electrons. The van der Waals surface area contributed by atoms with Gasteiger partial charge in [0.05, 0.1) is 0 Å². The lowest BCUT2D eigenvalue weighted by molar-refractivity contribution is -0.134. The number of nitrogens with zero attached hydrogens (tertiary/aromatic N) is 1. The molecule has 1 fully saturated rings. The molecule has 2 aliphatic rings. The molecule has 1 heterocycles. The number of nitrogens with one attached hydrogen (secondary N) is 2. The molecule has 0 aromatic heterocycles. The molecule has 1 atom stereocenters. The molecule has 1 aliphatic heterocycles. The zero-order chi connectivity index (χ0) is 22.8. The van der Waals surface area contributed by atoms with Crippen molar-refractivity contribution in [2.75, 3.05) is 11.9 Å². The van der Waals surface area contributed by atoms with Gasteiger partial charge in [-0.1, -0.05) is 66.7 Å². The predicted molar refractivity (Wildman–Crippen MR) is 126 cm³/mol. The first-order chi connectivity index (χ1) is 16.0. The molecule has 0 bridgehead atoms. The van der Waals surface area contributed by atoms with Gasteiger partial charge in [-0.05, 0) is 53.6 Å². The first-order valence-corrected chi connectivity index (χ1v) is 11.2. The maximum Gasteiger partial charge on any atom is 0.325 e. The molecular weight excluding hydrogens is 414 g/mol. The predicted octanol–water partition coefficient (Wildman–Crippen LogP) is 3.80. The summed E-state index contributed by atoms with van der Waals surface area (Å²) in [6, 6.07) is 24.1. The Hall–Kier alpha value is -3.93. The fourth-order valence-corrected chi connectivity index (χ4v) is 4.81. The normalized spacial score (nSPS) is 19.3. The first kappa shape index (κ1) is 20.9. The number of hydrogen-bond acceptors (Lipinski definition) is 3. The molecule has 33 heavy (non-hydrogen) atoms. The summed E-state index contributed by atoms with van der Waals surface area (Å²) in [5.74, 6) is -0.827. The van der Waals surface area contributed by atoms with Gasteiger partial charge in [-0.25, -0.2) is 4.79 Å². The number of fused-ring (bicyclic) bond motifs is 1. The fourth-order valence-electron chi connectivity index (χ4n) is 4.81. The van der Waals surface area contributed by atoms with E-state index in [0.717, 1.165) is 29.7 Å². The van der Waals surface area contributed by atoms with Gasteiger partial charge in [-0.15, -0.1) is 0 Å². The number of carbonyl (C=O) groups is 3. The van der Waals surface area contributed by atoms with Crippen molar-refractivity contribution in [3.8, 4) is 0 Å². The maximum absolute atomic E-state index is 13.6. The van der Waals surface area contributed by atoms with Crippen LogP contribution in [-0.2, 0) is 34.4 Å². The fraction of sp³-hybridized carbons (Fsp3) is 0.222. The van der Waals surface area contributed by atoms with Gasteiger partial charge < -0.3 is 10.6 Å². The zero-order valence-electron chi connectivity index (χ0n) is 18.2. The van der Waals surface area contributed by atoms with Crippen LogP contribution in [0, 0.1) is 0 Å². The van der Waals surface area contributed by atoms with Crippen LogP contribution in [0.25, 0.3) is 0 Å². The van der Waals surface area contributed by atoms with Gasteiger partial charge in [-0.3, -0.25) is 14.5 Å². The number of anilines is 1. The number of imide groups is 1. The molecule has 5 rings (SSSR count). The third-order valence-corrected chi connectivity index (χ3v) is 6.44. The molecule has 6 heteroatoms. The molecule has 1 aliphatic carbocycles. The maximum atomic E-state index is 13.6. The van der Waals surface area contributed by atoms with Gasteiger partial charge in [-0.2, -0.15) is 0 Å². The summed E-state index contributed by atoms with van der Waals surface area (Å²) in [5, 5.41) is 5.74. The number of rotatable bonds is 6. The van der Waals surface area contributed by atoms with Crippen LogP contribution in [0.2, 0.25) is 0 Å². The second-order valence-corrected chi connectivity index (χ2v) is 8.64. The highest BCUT2D eigenvalue weighted by molar-refractivity contribution is 6.10. The lowest BCUT2D eigenvalue weighted by atomic mass is 9.83. The summed E-state index contributed by atoms with van der Waals surface area (Å²) in [7, 11) is 0. The van der Waals surface area contributed by atoms with Crippen LogP contribution in [0.3, 0.4) is 0 Å². The monoisotopic (exact) mass is 439 g/mol. The van der Waals surface area contributed by atoms with E-state index in [9.17, 15) is 14.4 Å². The largest absolute Gasteiger partial charge is 0.325 e. The standard InChI is InChI=1S/C27H25N3O3/c31-24(28-23-15-14-20-10-7-11-21(20)16-23)18-30-25(32)27(29-26(30)33,22-12-5-2-6-13-22)17-19-8-3-1-4-9-19/h1-6,8-9,12-16H,7,10-11,17-18H2,(H,28,31)(H,29,33). The van der Waals surface area contributed by atoms with E-state index in [-0.39, 0.29) is 6.54 Å². The van der Waals surface area contributed by atoms with E-state index in [0.29, 0.717) is 17.7 Å². The minimum Gasteiger partial charge on any atom is -0.325 e. The van der Waals surface area contributed by atoms with Crippen LogP contribution in [0.15, 0.2) is 78.9 Å². The van der Waals surface area contributed by atoms with Crippen LogP contribution in [0.1, 0.15) is 28.7 Å². The Morgan fingerprint density at radius 3 is 2.36 bits per heavy atom. The van der Waals surface area contributed by atoms with Crippen LogP contribution >= 0.6 is 0 Å². The van der Waals surface area contributed by atoms with Crippen molar-refractivity contribution in [3.63, 3.8) is 0 Å². The molecule has 6 nitrogen and oxygen atoms in total. The van der Waals surface area contributed by atoms with Crippen molar-refractivity contribution in [2.24, 2.45) is 0 Å². The Balaban J connectivity index is 1.38. The highest BCUT2D eigenvalue weighted by atomic mass is 16.2. The average Bonchev–Trinajstić information content (AvgIpc) is 3.39. The summed E-state index contributed by atoms with van der Waals surface area (Å²) in [6.45, 7) is -0.342. The highest BCUT2D eigenvalue weighted by Gasteiger charge is 2.52. The Bertz CT molecular complexity index is 1210. The van der Waals surface area contributed by atoms with Gasteiger partial charge in [0.1, 0.15) is 6.54 Å². The Kier molecular flexibility index (Phi) is 5.42. The van der Waals surface area contributed by atoms with E-state index >= 15 is 0 Å². The minimum atomic E-state index is -1.26. The third-order valence-electron chi connectivity index (χ3n) is 6.44. The van der Waals surface area contributed by atoms with Crippen LogP contribution in [0.4, 0.5) is 10.5 Å². The summed E-state index contributed by atoms with van der Waals surface area (Å²) in [4.78, 5) is 40.4. The minimum absolute atomic E-state index is 0.297. The molecule has 1 unspecified atom stereocenters. The van der Waals surface area contributed by atoms with E-state index in [1.54, 1.807) is 0 Å². The topological polar surface area (TPSA) is 78.5 Å². The smallest absolute Gasteiger partial charge is 0.325 e.